The van der Waals surface area contributed by atoms with E-state index in [4.69, 9.17) is 0 Å². The Labute approximate surface area is 111 Å². The SMILES string of the molecule is C[C@@H](NC(=O)CC1CCCC1)[C@H]1C[C@H]2CC[C@H]1C2. The molecule has 102 valence electrons. The second-order valence-corrected chi connectivity index (χ2v) is 7.05. The van der Waals surface area contributed by atoms with E-state index in [-0.39, 0.29) is 0 Å². The number of hydrogen-bond acceptors (Lipinski definition) is 1. The van der Waals surface area contributed by atoms with Gasteiger partial charge in [-0.25, -0.2) is 0 Å². The van der Waals surface area contributed by atoms with Crippen LogP contribution >= 0.6 is 0 Å². The quantitative estimate of drug-likeness (QED) is 0.811. The summed E-state index contributed by atoms with van der Waals surface area (Å²) in [6.07, 6.45) is 11.7. The van der Waals surface area contributed by atoms with Crippen LogP contribution in [0, 0.1) is 23.7 Å². The highest BCUT2D eigenvalue weighted by Crippen LogP contribution is 2.49. The lowest BCUT2D eigenvalue weighted by Crippen LogP contribution is -2.40. The molecule has 1 amide bonds. The van der Waals surface area contributed by atoms with Crippen LogP contribution in [-0.2, 0) is 4.79 Å². The normalized spacial score (nSPS) is 37.1. The van der Waals surface area contributed by atoms with Crippen LogP contribution in [0.5, 0.6) is 0 Å². The molecular weight excluding hydrogens is 222 g/mol. The van der Waals surface area contributed by atoms with Crippen LogP contribution in [0.25, 0.3) is 0 Å². The number of carbonyl (C=O) groups excluding carboxylic acids is 1. The van der Waals surface area contributed by atoms with Gasteiger partial charge in [0.05, 0.1) is 0 Å². The Morgan fingerprint density at radius 1 is 1.17 bits per heavy atom. The molecule has 0 aliphatic heterocycles. The summed E-state index contributed by atoms with van der Waals surface area (Å²) >= 11 is 0. The summed E-state index contributed by atoms with van der Waals surface area (Å²) in [4.78, 5) is 12.1. The molecule has 18 heavy (non-hydrogen) atoms. The van der Waals surface area contributed by atoms with Crippen LogP contribution in [-0.4, -0.2) is 11.9 Å². The average molecular weight is 249 g/mol. The lowest BCUT2D eigenvalue weighted by Gasteiger charge is -2.28. The molecule has 0 aromatic rings. The first-order chi connectivity index (χ1) is 8.72. The van der Waals surface area contributed by atoms with Gasteiger partial charge in [0, 0.05) is 12.5 Å². The Balaban J connectivity index is 1.45. The Morgan fingerprint density at radius 3 is 2.56 bits per heavy atom. The molecule has 3 fully saturated rings. The van der Waals surface area contributed by atoms with Crippen LogP contribution in [0.3, 0.4) is 0 Å². The minimum atomic E-state index is 0.317. The monoisotopic (exact) mass is 249 g/mol. The average Bonchev–Trinajstić information content (AvgIpc) is 3.04. The number of carbonyl (C=O) groups is 1. The summed E-state index contributed by atoms with van der Waals surface area (Å²) in [5.74, 6) is 3.66. The van der Waals surface area contributed by atoms with Crippen LogP contribution in [0.2, 0.25) is 0 Å². The van der Waals surface area contributed by atoms with Gasteiger partial charge in [0.15, 0.2) is 0 Å². The standard InChI is InChI=1S/C16H27NO/c1-11(15-9-13-6-7-14(15)8-13)17-16(18)10-12-4-2-3-5-12/h11-15H,2-10H2,1H3,(H,17,18)/t11-,13+,14+,15-/m1/s1. The number of amides is 1. The summed E-state index contributed by atoms with van der Waals surface area (Å²) in [5, 5.41) is 3.29. The van der Waals surface area contributed by atoms with Gasteiger partial charge in [0.2, 0.25) is 5.91 Å². The third kappa shape index (κ3) is 2.57. The van der Waals surface area contributed by atoms with E-state index < -0.39 is 0 Å². The Bertz CT molecular complexity index is 308. The molecule has 2 heteroatoms. The molecule has 0 saturated heterocycles. The van der Waals surface area contributed by atoms with Crippen LogP contribution in [0.4, 0.5) is 0 Å². The zero-order chi connectivity index (χ0) is 12.5. The zero-order valence-corrected chi connectivity index (χ0v) is 11.7. The second kappa shape index (κ2) is 5.22. The molecular formula is C16H27NO. The highest BCUT2D eigenvalue weighted by atomic mass is 16.1. The molecule has 0 aromatic heterocycles. The van der Waals surface area contributed by atoms with Gasteiger partial charge in [-0.15, -0.1) is 0 Å². The van der Waals surface area contributed by atoms with Crippen molar-refractivity contribution in [2.24, 2.45) is 23.7 Å². The van der Waals surface area contributed by atoms with E-state index in [1.54, 1.807) is 0 Å². The molecule has 2 bridgehead atoms. The van der Waals surface area contributed by atoms with E-state index in [0.717, 1.165) is 24.2 Å². The molecule has 1 N–H and O–H groups in total. The topological polar surface area (TPSA) is 29.1 Å². The Kier molecular flexibility index (Phi) is 3.63. The molecule has 4 atom stereocenters. The highest BCUT2D eigenvalue weighted by Gasteiger charge is 2.42. The summed E-state index contributed by atoms with van der Waals surface area (Å²) < 4.78 is 0. The number of hydrogen-bond donors (Lipinski definition) is 1. The zero-order valence-electron chi connectivity index (χ0n) is 11.7. The van der Waals surface area contributed by atoms with Gasteiger partial charge >= 0.3 is 0 Å². The molecule has 2 nitrogen and oxygen atoms in total. The maximum absolute atomic E-state index is 12.1. The fourth-order valence-electron chi connectivity index (χ4n) is 4.80. The van der Waals surface area contributed by atoms with Crippen molar-refractivity contribution in [3.05, 3.63) is 0 Å². The molecule has 3 aliphatic rings. The highest BCUT2D eigenvalue weighted by molar-refractivity contribution is 5.76. The molecule has 0 radical (unpaired) electrons. The smallest absolute Gasteiger partial charge is 0.220 e. The van der Waals surface area contributed by atoms with Crippen molar-refractivity contribution in [3.63, 3.8) is 0 Å². The maximum atomic E-state index is 12.1. The van der Waals surface area contributed by atoms with Crippen molar-refractivity contribution < 1.29 is 4.79 Å². The van der Waals surface area contributed by atoms with Crippen molar-refractivity contribution in [2.75, 3.05) is 0 Å². The number of fused-ring (bicyclic) bond motifs is 2. The lowest BCUT2D eigenvalue weighted by molar-refractivity contribution is -0.123. The van der Waals surface area contributed by atoms with E-state index in [1.165, 1.54) is 51.4 Å². The predicted molar refractivity (Wildman–Crippen MR) is 73.1 cm³/mol. The second-order valence-electron chi connectivity index (χ2n) is 7.05. The van der Waals surface area contributed by atoms with Crippen LogP contribution < -0.4 is 5.32 Å². The molecule has 3 aliphatic carbocycles. The predicted octanol–water partition coefficient (Wildman–Crippen LogP) is 3.51. The fraction of sp³-hybridized carbons (Fsp3) is 0.938. The molecule has 0 spiro atoms. The number of nitrogens with one attached hydrogen (secondary N) is 1. The summed E-state index contributed by atoms with van der Waals surface area (Å²) in [6, 6.07) is 0.411. The Hall–Kier alpha value is -0.530. The van der Waals surface area contributed by atoms with Gasteiger partial charge < -0.3 is 5.32 Å². The van der Waals surface area contributed by atoms with E-state index in [0.29, 0.717) is 17.9 Å². The first-order valence-electron chi connectivity index (χ1n) is 8.01. The van der Waals surface area contributed by atoms with Gasteiger partial charge in [0.25, 0.3) is 0 Å². The maximum Gasteiger partial charge on any atom is 0.220 e. The number of rotatable bonds is 4. The third-order valence-electron chi connectivity index (χ3n) is 5.77. The molecule has 3 rings (SSSR count). The summed E-state index contributed by atoms with van der Waals surface area (Å²) in [5.41, 5.74) is 0. The molecule has 3 saturated carbocycles. The van der Waals surface area contributed by atoms with E-state index in [1.807, 2.05) is 0 Å². The first-order valence-corrected chi connectivity index (χ1v) is 8.01. The van der Waals surface area contributed by atoms with Crippen molar-refractivity contribution in [3.8, 4) is 0 Å². The Morgan fingerprint density at radius 2 is 1.94 bits per heavy atom. The van der Waals surface area contributed by atoms with Gasteiger partial charge in [0.1, 0.15) is 0 Å². The molecule has 0 unspecified atom stereocenters. The van der Waals surface area contributed by atoms with Crippen LogP contribution in [0.1, 0.15) is 64.7 Å². The van der Waals surface area contributed by atoms with Gasteiger partial charge in [-0.2, -0.15) is 0 Å². The van der Waals surface area contributed by atoms with Crippen molar-refractivity contribution in [1.82, 2.24) is 5.32 Å². The van der Waals surface area contributed by atoms with E-state index >= 15 is 0 Å². The fourth-order valence-corrected chi connectivity index (χ4v) is 4.80. The lowest BCUT2D eigenvalue weighted by atomic mass is 9.84. The van der Waals surface area contributed by atoms with Crippen LogP contribution in [0.15, 0.2) is 0 Å². The minimum absolute atomic E-state index is 0.317. The van der Waals surface area contributed by atoms with Crippen molar-refractivity contribution >= 4 is 5.91 Å². The summed E-state index contributed by atoms with van der Waals surface area (Å²) in [7, 11) is 0. The molecule has 0 aromatic carbocycles. The van der Waals surface area contributed by atoms with E-state index in [2.05, 4.69) is 12.2 Å². The van der Waals surface area contributed by atoms with Crippen molar-refractivity contribution in [2.45, 2.75) is 70.8 Å². The minimum Gasteiger partial charge on any atom is -0.353 e. The third-order valence-corrected chi connectivity index (χ3v) is 5.77. The van der Waals surface area contributed by atoms with E-state index in [9.17, 15) is 4.79 Å². The first kappa shape index (κ1) is 12.5. The van der Waals surface area contributed by atoms with Crippen molar-refractivity contribution in [1.29, 1.82) is 0 Å². The summed E-state index contributed by atoms with van der Waals surface area (Å²) in [6.45, 7) is 2.23. The van der Waals surface area contributed by atoms with Gasteiger partial charge in [-0.3, -0.25) is 4.79 Å². The molecule has 0 heterocycles. The van der Waals surface area contributed by atoms with Gasteiger partial charge in [-0.1, -0.05) is 19.3 Å². The largest absolute Gasteiger partial charge is 0.353 e. The van der Waals surface area contributed by atoms with Gasteiger partial charge in [-0.05, 0) is 62.7 Å².